The van der Waals surface area contributed by atoms with Gasteiger partial charge in [-0.25, -0.2) is 0 Å². The number of rotatable bonds is 4. The third-order valence-electron chi connectivity index (χ3n) is 5.63. The van der Waals surface area contributed by atoms with Gasteiger partial charge in [0.2, 0.25) is 0 Å². The number of nitrogens with one attached hydrogen (secondary N) is 2. The topological polar surface area (TPSA) is 109 Å². The molecule has 2 amide bonds. The molecule has 7 nitrogen and oxygen atoms in total. The van der Waals surface area contributed by atoms with E-state index in [1.54, 1.807) is 43.4 Å². The number of nitrogen functional groups attached to an aromatic ring is 1. The molecule has 1 unspecified atom stereocenters. The zero-order valence-corrected chi connectivity index (χ0v) is 16.3. The summed E-state index contributed by atoms with van der Waals surface area (Å²) in [5.41, 5.74) is 10.4. The van der Waals surface area contributed by atoms with Crippen molar-refractivity contribution in [3.63, 3.8) is 0 Å². The molecule has 148 valence electrons. The molecular weight excluding hydrogens is 368 g/mol. The maximum Gasteiger partial charge on any atom is 0.262 e. The second kappa shape index (κ2) is 7.09. The minimum Gasteiger partial charge on any atom is -0.495 e. The molecule has 0 radical (unpaired) electrons. The fourth-order valence-electron chi connectivity index (χ4n) is 4.22. The molecule has 4 rings (SSSR count). The maximum atomic E-state index is 13.1. The molecule has 1 heterocycles. The SMILES string of the molecule is CNC1=C(C=N)c2cc(N)c(OC)cc2C(N2C(=O)c3ccccc3C2=O)CC1. The zero-order chi connectivity index (χ0) is 20.7. The molecule has 1 aliphatic carbocycles. The Morgan fingerprint density at radius 2 is 1.83 bits per heavy atom. The normalized spacial score (nSPS) is 18.3. The van der Waals surface area contributed by atoms with Gasteiger partial charge >= 0.3 is 0 Å². The van der Waals surface area contributed by atoms with E-state index >= 15 is 0 Å². The van der Waals surface area contributed by atoms with Crippen LogP contribution in [0.3, 0.4) is 0 Å². The number of amides is 2. The predicted molar refractivity (Wildman–Crippen MR) is 111 cm³/mol. The molecule has 2 aromatic carbocycles. The molecule has 0 aromatic heterocycles. The van der Waals surface area contributed by atoms with Gasteiger partial charge in [0.05, 0.1) is 30.0 Å². The van der Waals surface area contributed by atoms with Crippen molar-refractivity contribution < 1.29 is 14.3 Å². The highest BCUT2D eigenvalue weighted by molar-refractivity contribution is 6.21. The molecule has 0 saturated carbocycles. The minimum atomic E-state index is -0.493. The number of ether oxygens (including phenoxy) is 1. The van der Waals surface area contributed by atoms with Gasteiger partial charge in [-0.15, -0.1) is 0 Å². The number of benzene rings is 2. The monoisotopic (exact) mass is 390 g/mol. The van der Waals surface area contributed by atoms with Gasteiger partial charge in [0.15, 0.2) is 0 Å². The highest BCUT2D eigenvalue weighted by atomic mass is 16.5. The molecule has 0 bridgehead atoms. The fourth-order valence-corrected chi connectivity index (χ4v) is 4.22. The van der Waals surface area contributed by atoms with Crippen LogP contribution in [0, 0.1) is 5.41 Å². The van der Waals surface area contributed by atoms with Crippen LogP contribution in [0.15, 0.2) is 42.1 Å². The van der Waals surface area contributed by atoms with Crippen LogP contribution in [0.5, 0.6) is 5.75 Å². The van der Waals surface area contributed by atoms with Gasteiger partial charge in [0, 0.05) is 24.5 Å². The van der Waals surface area contributed by atoms with E-state index in [0.717, 1.165) is 16.8 Å². The number of nitrogens with two attached hydrogens (primary N) is 1. The summed E-state index contributed by atoms with van der Waals surface area (Å²) >= 11 is 0. The molecule has 0 fully saturated rings. The summed E-state index contributed by atoms with van der Waals surface area (Å²) in [6, 6.07) is 9.91. The van der Waals surface area contributed by atoms with Crippen molar-refractivity contribution in [2.24, 2.45) is 0 Å². The molecule has 29 heavy (non-hydrogen) atoms. The lowest BCUT2D eigenvalue weighted by atomic mass is 9.94. The number of allylic oxidation sites excluding steroid dienone is 2. The lowest BCUT2D eigenvalue weighted by molar-refractivity contribution is 0.0574. The van der Waals surface area contributed by atoms with Crippen LogP contribution in [0.25, 0.3) is 5.57 Å². The van der Waals surface area contributed by atoms with Crippen LogP contribution in [0.2, 0.25) is 0 Å². The minimum absolute atomic E-state index is 0.304. The van der Waals surface area contributed by atoms with Gasteiger partial charge in [-0.3, -0.25) is 14.5 Å². The number of methoxy groups -OCH3 is 1. The molecule has 4 N–H and O–H groups in total. The molecule has 2 aromatic rings. The zero-order valence-electron chi connectivity index (χ0n) is 16.3. The van der Waals surface area contributed by atoms with Gasteiger partial charge < -0.3 is 21.2 Å². The van der Waals surface area contributed by atoms with Gasteiger partial charge in [-0.2, -0.15) is 0 Å². The Morgan fingerprint density at radius 1 is 1.17 bits per heavy atom. The first-order valence-corrected chi connectivity index (χ1v) is 9.37. The van der Waals surface area contributed by atoms with Crippen molar-refractivity contribution in [2.75, 3.05) is 19.9 Å². The average molecular weight is 390 g/mol. The van der Waals surface area contributed by atoms with E-state index in [0.29, 0.717) is 41.0 Å². The largest absolute Gasteiger partial charge is 0.495 e. The Bertz CT molecular complexity index is 1040. The summed E-state index contributed by atoms with van der Waals surface area (Å²) in [7, 11) is 3.33. The Hall–Kier alpha value is -3.61. The highest BCUT2D eigenvalue weighted by Crippen LogP contribution is 2.43. The number of hydrogen-bond donors (Lipinski definition) is 3. The average Bonchev–Trinajstić information content (AvgIpc) is 2.89. The van der Waals surface area contributed by atoms with E-state index in [1.165, 1.54) is 18.2 Å². The van der Waals surface area contributed by atoms with E-state index in [-0.39, 0.29) is 11.8 Å². The first kappa shape index (κ1) is 18.7. The summed E-state index contributed by atoms with van der Waals surface area (Å²) in [5.74, 6) is -0.133. The van der Waals surface area contributed by atoms with Crippen molar-refractivity contribution in [3.05, 3.63) is 64.3 Å². The van der Waals surface area contributed by atoms with Crippen molar-refractivity contribution in [2.45, 2.75) is 18.9 Å². The number of imide groups is 1. The first-order valence-electron chi connectivity index (χ1n) is 9.37. The first-order chi connectivity index (χ1) is 14.0. The number of anilines is 1. The molecule has 0 spiro atoms. The van der Waals surface area contributed by atoms with Crippen LogP contribution >= 0.6 is 0 Å². The highest BCUT2D eigenvalue weighted by Gasteiger charge is 2.42. The Balaban J connectivity index is 1.91. The lowest BCUT2D eigenvalue weighted by Gasteiger charge is -2.27. The molecule has 0 saturated heterocycles. The summed E-state index contributed by atoms with van der Waals surface area (Å²) in [6.45, 7) is 0. The van der Waals surface area contributed by atoms with Crippen molar-refractivity contribution in [1.82, 2.24) is 10.2 Å². The molecule has 7 heteroatoms. The van der Waals surface area contributed by atoms with Crippen molar-refractivity contribution in [3.8, 4) is 5.75 Å². The smallest absolute Gasteiger partial charge is 0.262 e. The summed E-state index contributed by atoms with van der Waals surface area (Å²) in [4.78, 5) is 27.6. The molecule has 1 atom stereocenters. The number of carbonyl (C=O) groups excluding carboxylic acids is 2. The van der Waals surface area contributed by atoms with Crippen LogP contribution in [0.4, 0.5) is 5.69 Å². The molecule has 1 aliphatic heterocycles. The van der Waals surface area contributed by atoms with Gasteiger partial charge in [-0.05, 0) is 48.2 Å². The van der Waals surface area contributed by atoms with Gasteiger partial charge in [0.1, 0.15) is 5.75 Å². The van der Waals surface area contributed by atoms with Gasteiger partial charge in [-0.1, -0.05) is 12.1 Å². The molecular formula is C22H22N4O3. The summed E-state index contributed by atoms with van der Waals surface area (Å²) < 4.78 is 5.40. The third kappa shape index (κ3) is 2.77. The van der Waals surface area contributed by atoms with E-state index in [9.17, 15) is 9.59 Å². The predicted octanol–water partition coefficient (Wildman–Crippen LogP) is 2.99. The summed E-state index contributed by atoms with van der Waals surface area (Å²) in [5, 5.41) is 11.1. The van der Waals surface area contributed by atoms with E-state index < -0.39 is 6.04 Å². The van der Waals surface area contributed by atoms with E-state index in [1.807, 2.05) is 0 Å². The standard InChI is InChI=1S/C22H22N4O3/c1-25-18-7-8-19(26-21(27)12-5-3-4-6-13(12)22(26)28)15-10-20(29-2)17(24)9-14(15)16(18)11-23/h3-6,9-11,19,23,25H,7-8,24H2,1-2H3. The molecule has 2 aliphatic rings. The quantitative estimate of drug-likeness (QED) is 0.422. The Morgan fingerprint density at radius 3 is 2.38 bits per heavy atom. The van der Waals surface area contributed by atoms with Crippen molar-refractivity contribution >= 4 is 29.3 Å². The summed E-state index contributed by atoms with van der Waals surface area (Å²) in [6.07, 6.45) is 2.39. The number of nitrogens with zero attached hydrogens (tertiary/aromatic N) is 1. The fraction of sp³-hybridized carbons (Fsp3) is 0.227. The van der Waals surface area contributed by atoms with Crippen molar-refractivity contribution in [1.29, 1.82) is 5.41 Å². The second-order valence-corrected chi connectivity index (χ2v) is 7.05. The third-order valence-corrected chi connectivity index (χ3v) is 5.63. The Labute approximate surface area is 168 Å². The number of hydrogen-bond acceptors (Lipinski definition) is 6. The van der Waals surface area contributed by atoms with Gasteiger partial charge in [0.25, 0.3) is 11.8 Å². The number of carbonyl (C=O) groups is 2. The number of fused-ring (bicyclic) bond motifs is 2. The second-order valence-electron chi connectivity index (χ2n) is 7.05. The Kier molecular flexibility index (Phi) is 4.58. The lowest BCUT2D eigenvalue weighted by Crippen LogP contribution is -2.34. The van der Waals surface area contributed by atoms with Crippen LogP contribution in [-0.2, 0) is 0 Å². The van der Waals surface area contributed by atoms with Crippen LogP contribution in [-0.4, -0.2) is 37.1 Å². The van der Waals surface area contributed by atoms with E-state index in [2.05, 4.69) is 5.32 Å². The van der Waals surface area contributed by atoms with Crippen LogP contribution in [0.1, 0.15) is 50.7 Å². The van der Waals surface area contributed by atoms with E-state index in [4.69, 9.17) is 15.9 Å². The maximum absolute atomic E-state index is 13.1. The van der Waals surface area contributed by atoms with Crippen LogP contribution < -0.4 is 15.8 Å².